The molecular formula is C23H20FNO4S2. The van der Waals surface area contributed by atoms with Gasteiger partial charge in [0, 0.05) is 10.4 Å². The summed E-state index contributed by atoms with van der Waals surface area (Å²) in [6.07, 6.45) is 1.68. The summed E-state index contributed by atoms with van der Waals surface area (Å²) in [4.78, 5) is 12.9. The minimum absolute atomic E-state index is 0.00749. The molecule has 2 atom stereocenters. The Morgan fingerprint density at radius 2 is 1.81 bits per heavy atom. The van der Waals surface area contributed by atoms with Gasteiger partial charge in [-0.25, -0.2) is 17.6 Å². The average molecular weight is 458 g/mol. The molecule has 0 bridgehead atoms. The van der Waals surface area contributed by atoms with Crippen molar-refractivity contribution in [3.05, 3.63) is 99.5 Å². The van der Waals surface area contributed by atoms with E-state index in [-0.39, 0.29) is 22.5 Å². The number of hydrogen-bond acceptors (Lipinski definition) is 4. The Morgan fingerprint density at radius 1 is 1.10 bits per heavy atom. The van der Waals surface area contributed by atoms with Crippen molar-refractivity contribution >= 4 is 27.3 Å². The van der Waals surface area contributed by atoms with Crippen molar-refractivity contribution < 1.29 is 22.7 Å². The summed E-state index contributed by atoms with van der Waals surface area (Å²) in [6.45, 7) is 1.85. The number of carbonyl (C=O) groups is 1. The molecule has 2 heterocycles. The summed E-state index contributed by atoms with van der Waals surface area (Å²) in [7, 11) is -4.17. The topological polar surface area (TPSA) is 74.7 Å². The molecular weight excluding hydrogens is 437 g/mol. The zero-order valence-corrected chi connectivity index (χ0v) is 18.2. The Balaban J connectivity index is 1.98. The number of aliphatic carboxylic acids is 1. The lowest BCUT2D eigenvalue weighted by Crippen LogP contribution is -2.42. The second kappa shape index (κ2) is 8.37. The van der Waals surface area contributed by atoms with E-state index in [1.807, 2.05) is 24.4 Å². The molecule has 160 valence electrons. The van der Waals surface area contributed by atoms with Crippen molar-refractivity contribution in [2.24, 2.45) is 0 Å². The Morgan fingerprint density at radius 3 is 2.42 bits per heavy atom. The Hall–Kier alpha value is -2.81. The van der Waals surface area contributed by atoms with Gasteiger partial charge in [-0.05, 0) is 43.0 Å². The van der Waals surface area contributed by atoms with E-state index in [0.29, 0.717) is 0 Å². The van der Waals surface area contributed by atoms with E-state index in [0.717, 1.165) is 14.7 Å². The predicted octanol–water partition coefficient (Wildman–Crippen LogP) is 5.08. The van der Waals surface area contributed by atoms with Crippen molar-refractivity contribution in [2.75, 3.05) is 0 Å². The smallest absolute Gasteiger partial charge is 0.333 e. The van der Waals surface area contributed by atoms with E-state index in [1.165, 1.54) is 47.7 Å². The van der Waals surface area contributed by atoms with E-state index in [1.54, 1.807) is 18.2 Å². The highest BCUT2D eigenvalue weighted by Crippen LogP contribution is 2.47. The van der Waals surface area contributed by atoms with Crippen LogP contribution in [-0.2, 0) is 14.8 Å². The minimum Gasteiger partial charge on any atom is -0.478 e. The summed E-state index contributed by atoms with van der Waals surface area (Å²) in [6, 6.07) is 13.7. The van der Waals surface area contributed by atoms with Crippen molar-refractivity contribution in [3.8, 4) is 0 Å². The molecule has 0 unspecified atom stereocenters. The quantitative estimate of drug-likeness (QED) is 0.580. The minimum atomic E-state index is -4.17. The molecule has 0 fully saturated rings. The Kier molecular flexibility index (Phi) is 5.79. The van der Waals surface area contributed by atoms with Crippen LogP contribution in [0.4, 0.5) is 4.39 Å². The van der Waals surface area contributed by atoms with E-state index >= 15 is 0 Å². The number of carboxylic acids is 1. The number of hydrogen-bond donors (Lipinski definition) is 1. The zero-order valence-electron chi connectivity index (χ0n) is 16.6. The van der Waals surface area contributed by atoms with Crippen LogP contribution in [0.25, 0.3) is 0 Å². The lowest BCUT2D eigenvalue weighted by atomic mass is 9.91. The maximum atomic E-state index is 14.9. The van der Waals surface area contributed by atoms with Crippen LogP contribution in [0, 0.1) is 12.7 Å². The molecule has 1 aliphatic heterocycles. The first-order chi connectivity index (χ1) is 14.8. The monoisotopic (exact) mass is 457 g/mol. The van der Waals surface area contributed by atoms with E-state index in [2.05, 4.69) is 0 Å². The molecule has 5 nitrogen and oxygen atoms in total. The van der Waals surface area contributed by atoms with Gasteiger partial charge in [-0.3, -0.25) is 0 Å². The third-order valence-corrected chi connectivity index (χ3v) is 8.19. The SMILES string of the molecule is Cc1ccc(S(=O)(=O)N2[C@@H](c3ccccc3F)C(C(=O)O)=CC[C@H]2c2cccs2)cc1. The van der Waals surface area contributed by atoms with Crippen LogP contribution in [0.2, 0.25) is 0 Å². The maximum Gasteiger partial charge on any atom is 0.333 e. The summed E-state index contributed by atoms with van der Waals surface area (Å²) in [5.41, 5.74) is 0.742. The molecule has 1 aliphatic rings. The predicted molar refractivity (Wildman–Crippen MR) is 117 cm³/mol. The molecule has 2 aromatic carbocycles. The number of nitrogens with zero attached hydrogens (tertiary/aromatic N) is 1. The molecule has 0 saturated heterocycles. The summed E-state index contributed by atoms with van der Waals surface area (Å²) >= 11 is 1.38. The molecule has 0 saturated carbocycles. The average Bonchev–Trinajstić information content (AvgIpc) is 3.28. The second-order valence-electron chi connectivity index (χ2n) is 7.30. The number of halogens is 1. The van der Waals surface area contributed by atoms with Gasteiger partial charge in [-0.15, -0.1) is 11.3 Å². The molecule has 4 rings (SSSR count). The largest absolute Gasteiger partial charge is 0.478 e. The normalized spacial score (nSPS) is 19.7. The number of sulfonamides is 1. The molecule has 0 radical (unpaired) electrons. The Bertz CT molecular complexity index is 1230. The van der Waals surface area contributed by atoms with Gasteiger partial charge < -0.3 is 5.11 Å². The van der Waals surface area contributed by atoms with Crippen LogP contribution in [0.15, 0.2) is 82.6 Å². The summed E-state index contributed by atoms with van der Waals surface area (Å²) in [5, 5.41) is 11.7. The first-order valence-electron chi connectivity index (χ1n) is 9.62. The molecule has 3 aromatic rings. The van der Waals surface area contributed by atoms with Crippen molar-refractivity contribution in [3.63, 3.8) is 0 Å². The zero-order chi connectivity index (χ0) is 22.2. The Labute approximate surface area is 184 Å². The molecule has 1 N–H and O–H groups in total. The molecule has 0 amide bonds. The highest BCUT2D eigenvalue weighted by atomic mass is 32.2. The van der Waals surface area contributed by atoms with Crippen LogP contribution >= 0.6 is 11.3 Å². The maximum absolute atomic E-state index is 14.9. The fourth-order valence-electron chi connectivity index (χ4n) is 3.84. The number of benzene rings is 2. The van der Waals surface area contributed by atoms with Gasteiger partial charge in [0.05, 0.1) is 22.6 Å². The fraction of sp³-hybridized carbons (Fsp3) is 0.174. The van der Waals surface area contributed by atoms with Gasteiger partial charge >= 0.3 is 5.97 Å². The van der Waals surface area contributed by atoms with Gasteiger partial charge in [0.2, 0.25) is 10.0 Å². The van der Waals surface area contributed by atoms with Crippen molar-refractivity contribution in [1.29, 1.82) is 0 Å². The molecule has 8 heteroatoms. The van der Waals surface area contributed by atoms with Crippen molar-refractivity contribution in [1.82, 2.24) is 4.31 Å². The fourth-order valence-corrected chi connectivity index (χ4v) is 6.51. The highest BCUT2D eigenvalue weighted by Gasteiger charge is 2.45. The summed E-state index contributed by atoms with van der Waals surface area (Å²) < 4.78 is 43.7. The van der Waals surface area contributed by atoms with Crippen molar-refractivity contribution in [2.45, 2.75) is 30.3 Å². The third kappa shape index (κ3) is 3.94. The van der Waals surface area contributed by atoms with Crippen LogP contribution in [0.5, 0.6) is 0 Å². The third-order valence-electron chi connectivity index (χ3n) is 5.33. The lowest BCUT2D eigenvalue weighted by Gasteiger charge is -2.40. The van der Waals surface area contributed by atoms with Gasteiger partial charge in [0.1, 0.15) is 5.82 Å². The number of carboxylic acid groups (broad SMARTS) is 1. The number of aryl methyl sites for hydroxylation is 1. The summed E-state index contributed by atoms with van der Waals surface area (Å²) in [5.74, 6) is -1.93. The highest BCUT2D eigenvalue weighted by molar-refractivity contribution is 7.89. The van der Waals surface area contributed by atoms with Gasteiger partial charge in [0.15, 0.2) is 0 Å². The second-order valence-corrected chi connectivity index (χ2v) is 10.1. The van der Waals surface area contributed by atoms with Gasteiger partial charge in [-0.2, -0.15) is 4.31 Å². The van der Waals surface area contributed by atoms with Crippen LogP contribution in [0.1, 0.15) is 34.5 Å². The molecule has 1 aromatic heterocycles. The first-order valence-corrected chi connectivity index (χ1v) is 11.9. The van der Waals surface area contributed by atoms with Crippen LogP contribution in [0.3, 0.4) is 0 Å². The standard InChI is InChI=1S/C23H20FNO4S2/c1-15-8-10-16(11-9-15)31(28,29)25-20(21-7-4-14-30-21)13-12-18(23(26)27)22(25)17-5-2-3-6-19(17)24/h2-12,14,20,22H,13H2,1H3,(H,26,27)/t20-,22-/m0/s1. The van der Waals surface area contributed by atoms with Gasteiger partial charge in [0.25, 0.3) is 0 Å². The van der Waals surface area contributed by atoms with E-state index in [9.17, 15) is 22.7 Å². The molecule has 0 aliphatic carbocycles. The van der Waals surface area contributed by atoms with Crippen LogP contribution < -0.4 is 0 Å². The van der Waals surface area contributed by atoms with E-state index in [4.69, 9.17) is 0 Å². The lowest BCUT2D eigenvalue weighted by molar-refractivity contribution is -0.133. The molecule has 0 spiro atoms. The number of thiophene rings is 1. The first kappa shape index (κ1) is 21.4. The molecule has 31 heavy (non-hydrogen) atoms. The van der Waals surface area contributed by atoms with Crippen LogP contribution in [-0.4, -0.2) is 23.8 Å². The van der Waals surface area contributed by atoms with E-state index < -0.39 is 33.9 Å². The number of rotatable bonds is 5. The van der Waals surface area contributed by atoms with Gasteiger partial charge in [-0.1, -0.05) is 48.0 Å².